The van der Waals surface area contributed by atoms with Gasteiger partial charge in [-0.05, 0) is 12.1 Å². The van der Waals surface area contributed by atoms with Crippen molar-refractivity contribution in [2.45, 2.75) is 0 Å². The van der Waals surface area contributed by atoms with Crippen LogP contribution in [0.5, 0.6) is 5.75 Å². The number of aromatic nitrogens is 2. The Kier molecular flexibility index (Phi) is 4.68. The molecular formula is C18H12ClF2N3O. The van der Waals surface area contributed by atoms with Crippen LogP contribution in [0.3, 0.4) is 0 Å². The number of fused-ring (bicyclic) bond motifs is 1. The Morgan fingerprint density at radius 1 is 1.28 bits per heavy atom. The van der Waals surface area contributed by atoms with Crippen molar-refractivity contribution in [3.8, 4) is 18.1 Å². The van der Waals surface area contributed by atoms with E-state index in [2.05, 4.69) is 15.9 Å². The van der Waals surface area contributed by atoms with Gasteiger partial charge in [0.1, 0.15) is 10.8 Å². The molecule has 7 heteroatoms. The lowest BCUT2D eigenvalue weighted by molar-refractivity contribution is 0.383. The smallest absolute Gasteiger partial charge is 0.190 e. The van der Waals surface area contributed by atoms with E-state index in [4.69, 9.17) is 22.8 Å². The van der Waals surface area contributed by atoms with Crippen molar-refractivity contribution in [1.82, 2.24) is 9.97 Å². The lowest BCUT2D eigenvalue weighted by atomic mass is 10.2. The van der Waals surface area contributed by atoms with Gasteiger partial charge in [-0.3, -0.25) is 4.98 Å². The normalized spacial score (nSPS) is 10.5. The molecule has 0 atom stereocenters. The van der Waals surface area contributed by atoms with Gasteiger partial charge in [0.2, 0.25) is 0 Å². The number of benzene rings is 2. The van der Waals surface area contributed by atoms with Gasteiger partial charge in [-0.2, -0.15) is 0 Å². The van der Waals surface area contributed by atoms with E-state index in [1.54, 1.807) is 18.2 Å². The van der Waals surface area contributed by atoms with Crippen LogP contribution in [0.2, 0.25) is 5.02 Å². The van der Waals surface area contributed by atoms with Gasteiger partial charge < -0.3 is 9.64 Å². The summed E-state index contributed by atoms with van der Waals surface area (Å²) in [6, 6.07) is 8.14. The number of methoxy groups -OCH3 is 1. The van der Waals surface area contributed by atoms with E-state index in [-0.39, 0.29) is 18.1 Å². The number of hydrogen-bond donors (Lipinski definition) is 0. The van der Waals surface area contributed by atoms with E-state index < -0.39 is 22.4 Å². The quantitative estimate of drug-likeness (QED) is 0.513. The molecule has 0 spiro atoms. The van der Waals surface area contributed by atoms with E-state index in [0.29, 0.717) is 11.0 Å². The van der Waals surface area contributed by atoms with Crippen LogP contribution in [-0.2, 0) is 0 Å². The van der Waals surface area contributed by atoms with Gasteiger partial charge in [0.15, 0.2) is 17.4 Å². The third-order valence-corrected chi connectivity index (χ3v) is 3.91. The molecule has 0 bridgehead atoms. The lowest BCUT2D eigenvalue weighted by Gasteiger charge is -2.23. The van der Waals surface area contributed by atoms with Crippen molar-refractivity contribution in [1.29, 1.82) is 0 Å². The Bertz CT molecular complexity index is 988. The number of anilines is 2. The molecule has 25 heavy (non-hydrogen) atoms. The molecule has 0 saturated carbocycles. The molecule has 0 saturated heterocycles. The summed E-state index contributed by atoms with van der Waals surface area (Å²) in [4.78, 5) is 10.0. The second kappa shape index (κ2) is 6.91. The topological polar surface area (TPSA) is 38.2 Å². The van der Waals surface area contributed by atoms with Crippen molar-refractivity contribution < 1.29 is 13.5 Å². The Hall–Kier alpha value is -2.91. The molecule has 2 aromatic carbocycles. The second-order valence-corrected chi connectivity index (χ2v) is 5.42. The summed E-state index contributed by atoms with van der Waals surface area (Å²) < 4.78 is 33.7. The Morgan fingerprint density at radius 2 is 2.00 bits per heavy atom. The van der Waals surface area contributed by atoms with Crippen molar-refractivity contribution in [2.75, 3.05) is 18.6 Å². The first-order valence-corrected chi connectivity index (χ1v) is 7.59. The maximum absolute atomic E-state index is 14.8. The number of terminal acetylenes is 1. The molecule has 1 heterocycles. The van der Waals surface area contributed by atoms with Crippen molar-refractivity contribution in [3.05, 3.63) is 53.2 Å². The average Bonchev–Trinajstić information content (AvgIpc) is 2.63. The number of para-hydroxylation sites is 2. The molecule has 0 aliphatic carbocycles. The molecular weight excluding hydrogens is 348 g/mol. The summed E-state index contributed by atoms with van der Waals surface area (Å²) in [6.07, 6.45) is 6.83. The summed E-state index contributed by atoms with van der Waals surface area (Å²) in [5.74, 6) is 0.626. The Morgan fingerprint density at radius 3 is 2.68 bits per heavy atom. The molecule has 0 aliphatic heterocycles. The zero-order valence-corrected chi connectivity index (χ0v) is 13.9. The van der Waals surface area contributed by atoms with Gasteiger partial charge in [-0.15, -0.1) is 6.42 Å². The Labute approximate surface area is 148 Å². The number of ether oxygens (including phenoxy) is 1. The summed E-state index contributed by atoms with van der Waals surface area (Å²) in [5, 5.41) is -0.436. The summed E-state index contributed by atoms with van der Waals surface area (Å²) in [7, 11) is 1.20. The van der Waals surface area contributed by atoms with Crippen LogP contribution in [0.25, 0.3) is 11.0 Å². The van der Waals surface area contributed by atoms with Gasteiger partial charge in [0.05, 0.1) is 36.6 Å². The van der Waals surface area contributed by atoms with E-state index in [1.807, 2.05) is 6.07 Å². The summed E-state index contributed by atoms with van der Waals surface area (Å²) in [6.45, 7) is -0.0475. The van der Waals surface area contributed by atoms with Gasteiger partial charge in [-0.25, -0.2) is 13.8 Å². The molecule has 0 N–H and O–H groups in total. The molecule has 4 nitrogen and oxygen atoms in total. The minimum atomic E-state index is -0.834. The first kappa shape index (κ1) is 16.9. The highest BCUT2D eigenvalue weighted by molar-refractivity contribution is 6.32. The zero-order valence-electron chi connectivity index (χ0n) is 13.1. The molecule has 126 valence electrons. The fourth-order valence-electron chi connectivity index (χ4n) is 2.40. The van der Waals surface area contributed by atoms with Gasteiger partial charge in [0.25, 0.3) is 0 Å². The summed E-state index contributed by atoms with van der Waals surface area (Å²) >= 11 is 5.75. The summed E-state index contributed by atoms with van der Waals surface area (Å²) in [5.41, 5.74) is 1.14. The third-order valence-electron chi connectivity index (χ3n) is 3.55. The van der Waals surface area contributed by atoms with Crippen molar-refractivity contribution in [3.63, 3.8) is 0 Å². The molecule has 0 radical (unpaired) electrons. The molecule has 0 unspecified atom stereocenters. The predicted molar refractivity (Wildman–Crippen MR) is 93.3 cm³/mol. The first-order chi connectivity index (χ1) is 12.1. The maximum Gasteiger partial charge on any atom is 0.190 e. The monoisotopic (exact) mass is 359 g/mol. The Balaban J connectivity index is 2.19. The molecule has 3 aromatic rings. The SMILES string of the molecule is C#CCN(c1cnc2ccccc2n1)c1cc(F)c(Cl)c(OC)c1F. The standard InChI is InChI=1S/C18H12ClF2N3O/c1-3-8-24(14-9-11(20)16(19)18(25-2)17(14)21)15-10-22-12-6-4-5-7-13(12)23-15/h1,4-7,9-10H,8H2,2H3. The zero-order chi connectivity index (χ0) is 18.0. The van der Waals surface area contributed by atoms with Crippen LogP contribution in [0, 0.1) is 24.0 Å². The fourth-order valence-corrected chi connectivity index (χ4v) is 2.62. The fraction of sp³-hybridized carbons (Fsp3) is 0.111. The van der Waals surface area contributed by atoms with Gasteiger partial charge >= 0.3 is 0 Å². The predicted octanol–water partition coefficient (Wildman–Crippen LogP) is 4.34. The molecule has 3 rings (SSSR count). The van der Waals surface area contributed by atoms with E-state index in [1.165, 1.54) is 18.2 Å². The number of halogens is 3. The van der Waals surface area contributed by atoms with E-state index in [0.717, 1.165) is 6.07 Å². The molecule has 0 fully saturated rings. The largest absolute Gasteiger partial charge is 0.492 e. The highest BCUT2D eigenvalue weighted by Crippen LogP contribution is 2.38. The molecule has 0 aliphatic rings. The van der Waals surface area contributed by atoms with Crippen LogP contribution in [-0.4, -0.2) is 23.6 Å². The first-order valence-electron chi connectivity index (χ1n) is 7.21. The highest BCUT2D eigenvalue weighted by Gasteiger charge is 2.23. The minimum Gasteiger partial charge on any atom is -0.492 e. The maximum atomic E-state index is 14.8. The molecule has 0 amide bonds. The molecule has 1 aromatic heterocycles. The van der Waals surface area contributed by atoms with Crippen molar-refractivity contribution in [2.24, 2.45) is 0 Å². The van der Waals surface area contributed by atoms with Crippen LogP contribution < -0.4 is 9.64 Å². The van der Waals surface area contributed by atoms with Crippen LogP contribution in [0.15, 0.2) is 36.5 Å². The van der Waals surface area contributed by atoms with E-state index in [9.17, 15) is 8.78 Å². The number of rotatable bonds is 4. The van der Waals surface area contributed by atoms with Crippen LogP contribution in [0.1, 0.15) is 0 Å². The van der Waals surface area contributed by atoms with Gasteiger partial charge in [-0.1, -0.05) is 29.7 Å². The lowest BCUT2D eigenvalue weighted by Crippen LogP contribution is -2.20. The van der Waals surface area contributed by atoms with E-state index >= 15 is 0 Å². The second-order valence-electron chi connectivity index (χ2n) is 5.05. The van der Waals surface area contributed by atoms with Crippen LogP contribution in [0.4, 0.5) is 20.3 Å². The number of nitrogens with zero attached hydrogens (tertiary/aromatic N) is 3. The van der Waals surface area contributed by atoms with Crippen molar-refractivity contribution >= 4 is 34.1 Å². The van der Waals surface area contributed by atoms with Gasteiger partial charge in [0, 0.05) is 6.07 Å². The minimum absolute atomic E-state index is 0.0475. The average molecular weight is 360 g/mol. The van der Waals surface area contributed by atoms with Crippen LogP contribution >= 0.6 is 11.6 Å². The number of hydrogen-bond acceptors (Lipinski definition) is 4. The third kappa shape index (κ3) is 3.06. The highest BCUT2D eigenvalue weighted by atomic mass is 35.5.